The van der Waals surface area contributed by atoms with Gasteiger partial charge in [-0.3, -0.25) is 4.90 Å². The molecule has 0 saturated carbocycles. The van der Waals surface area contributed by atoms with Gasteiger partial charge < -0.3 is 13.9 Å². The largest absolute Gasteiger partial charge is 0.497 e. The summed E-state index contributed by atoms with van der Waals surface area (Å²) in [6.07, 6.45) is 0. The zero-order valence-electron chi connectivity index (χ0n) is 15.5. The molecule has 0 radical (unpaired) electrons. The molecule has 0 atom stereocenters. The minimum Gasteiger partial charge on any atom is -0.497 e. The van der Waals surface area contributed by atoms with Crippen LogP contribution in [-0.2, 0) is 13.1 Å². The van der Waals surface area contributed by atoms with Gasteiger partial charge in [0.25, 0.3) is 0 Å². The molecular formula is C21H23NO4. The number of ether oxygens (including phenoxy) is 2. The second kappa shape index (κ2) is 7.62. The van der Waals surface area contributed by atoms with Gasteiger partial charge in [-0.05, 0) is 37.7 Å². The monoisotopic (exact) mass is 353 g/mol. The fraction of sp³-hybridized carbons (Fsp3) is 0.286. The number of methoxy groups -OCH3 is 2. The quantitative estimate of drug-likeness (QED) is 0.632. The molecule has 2 aromatic carbocycles. The molecule has 0 amide bonds. The van der Waals surface area contributed by atoms with Gasteiger partial charge in [0.1, 0.15) is 17.1 Å². The molecule has 0 unspecified atom stereocenters. The summed E-state index contributed by atoms with van der Waals surface area (Å²) in [5.41, 5.74) is 3.40. The maximum atomic E-state index is 11.9. The van der Waals surface area contributed by atoms with E-state index in [0.29, 0.717) is 24.4 Å². The van der Waals surface area contributed by atoms with E-state index in [1.54, 1.807) is 26.4 Å². The molecule has 5 nitrogen and oxygen atoms in total. The second-order valence-corrected chi connectivity index (χ2v) is 6.44. The van der Waals surface area contributed by atoms with Gasteiger partial charge in [0.05, 0.1) is 14.2 Å². The Labute approximate surface area is 152 Å². The summed E-state index contributed by atoms with van der Waals surface area (Å²) in [6, 6.07) is 13.2. The molecule has 0 N–H and O–H groups in total. The first-order valence-corrected chi connectivity index (χ1v) is 8.43. The van der Waals surface area contributed by atoms with E-state index >= 15 is 0 Å². The third-order valence-corrected chi connectivity index (χ3v) is 4.35. The lowest BCUT2D eigenvalue weighted by molar-refractivity contribution is 0.310. The lowest BCUT2D eigenvalue weighted by Gasteiger charge is -2.19. The van der Waals surface area contributed by atoms with Crippen molar-refractivity contribution in [1.82, 2.24) is 4.90 Å². The van der Waals surface area contributed by atoms with Gasteiger partial charge in [-0.2, -0.15) is 0 Å². The number of fused-ring (bicyclic) bond motifs is 1. The van der Waals surface area contributed by atoms with Crippen molar-refractivity contribution in [2.75, 3.05) is 21.3 Å². The van der Waals surface area contributed by atoms with Crippen molar-refractivity contribution in [1.29, 1.82) is 0 Å². The summed E-state index contributed by atoms with van der Waals surface area (Å²) in [6.45, 7) is 3.39. The minimum atomic E-state index is -0.359. The van der Waals surface area contributed by atoms with Crippen LogP contribution in [0.4, 0.5) is 0 Å². The highest BCUT2D eigenvalue weighted by atomic mass is 16.5. The Morgan fingerprint density at radius 3 is 2.46 bits per heavy atom. The van der Waals surface area contributed by atoms with Crippen LogP contribution in [0.25, 0.3) is 11.0 Å². The second-order valence-electron chi connectivity index (χ2n) is 6.44. The Kier molecular flexibility index (Phi) is 5.28. The standard InChI is InChI=1S/C21H23NO4/c1-14-5-8-19(25-4)16(9-14)13-22(2)12-15-10-21(23)26-20-11-17(24-3)6-7-18(15)20/h5-11H,12-13H2,1-4H3. The first-order chi connectivity index (χ1) is 12.5. The SMILES string of the molecule is COc1ccc2c(CN(C)Cc3cc(C)ccc3OC)cc(=O)oc2c1. The van der Waals surface area contributed by atoms with E-state index < -0.39 is 0 Å². The molecule has 3 aromatic rings. The van der Waals surface area contributed by atoms with Crippen LogP contribution < -0.4 is 15.1 Å². The van der Waals surface area contributed by atoms with Gasteiger partial charge >= 0.3 is 5.63 Å². The Morgan fingerprint density at radius 2 is 1.73 bits per heavy atom. The predicted octanol–water partition coefficient (Wildman–Crippen LogP) is 3.75. The molecule has 0 spiro atoms. The summed E-state index contributed by atoms with van der Waals surface area (Å²) in [5, 5.41) is 0.911. The van der Waals surface area contributed by atoms with Crippen LogP contribution in [0.15, 0.2) is 51.7 Å². The van der Waals surface area contributed by atoms with Crippen molar-refractivity contribution in [3.8, 4) is 11.5 Å². The van der Waals surface area contributed by atoms with E-state index in [0.717, 1.165) is 22.3 Å². The molecule has 136 valence electrons. The molecule has 0 fully saturated rings. The van der Waals surface area contributed by atoms with Crippen molar-refractivity contribution in [3.05, 3.63) is 69.6 Å². The van der Waals surface area contributed by atoms with Crippen LogP contribution in [0.3, 0.4) is 0 Å². The zero-order valence-corrected chi connectivity index (χ0v) is 15.5. The molecule has 3 rings (SSSR count). The van der Waals surface area contributed by atoms with Gasteiger partial charge in [0.2, 0.25) is 0 Å². The Balaban J connectivity index is 1.89. The van der Waals surface area contributed by atoms with E-state index in [4.69, 9.17) is 13.9 Å². The molecule has 0 aliphatic carbocycles. The maximum Gasteiger partial charge on any atom is 0.336 e. The highest BCUT2D eigenvalue weighted by Gasteiger charge is 2.12. The van der Waals surface area contributed by atoms with E-state index in [2.05, 4.69) is 17.9 Å². The molecular weight excluding hydrogens is 330 g/mol. The number of aryl methyl sites for hydroxylation is 1. The van der Waals surface area contributed by atoms with Gasteiger partial charge in [0, 0.05) is 36.2 Å². The van der Waals surface area contributed by atoms with E-state index in [1.165, 1.54) is 5.56 Å². The third kappa shape index (κ3) is 3.89. The summed E-state index contributed by atoms with van der Waals surface area (Å²) in [5.74, 6) is 1.53. The highest BCUT2D eigenvalue weighted by molar-refractivity contribution is 5.81. The molecule has 0 bridgehead atoms. The van der Waals surface area contributed by atoms with Crippen molar-refractivity contribution in [2.24, 2.45) is 0 Å². The molecule has 1 heterocycles. The van der Waals surface area contributed by atoms with Crippen LogP contribution in [0.2, 0.25) is 0 Å². The maximum absolute atomic E-state index is 11.9. The number of benzene rings is 2. The van der Waals surface area contributed by atoms with Gasteiger partial charge in [-0.25, -0.2) is 4.79 Å². The summed E-state index contributed by atoms with van der Waals surface area (Å²) < 4.78 is 16.0. The average Bonchev–Trinajstić information content (AvgIpc) is 2.61. The van der Waals surface area contributed by atoms with E-state index in [-0.39, 0.29) is 5.63 Å². The number of hydrogen-bond acceptors (Lipinski definition) is 5. The first kappa shape index (κ1) is 18.0. The van der Waals surface area contributed by atoms with E-state index in [1.807, 2.05) is 31.3 Å². The molecule has 0 saturated heterocycles. The lowest BCUT2D eigenvalue weighted by atomic mass is 10.1. The Bertz CT molecular complexity index is 977. The van der Waals surface area contributed by atoms with Crippen molar-refractivity contribution in [3.63, 3.8) is 0 Å². The Hall–Kier alpha value is -2.79. The number of hydrogen-bond donors (Lipinski definition) is 0. The number of nitrogens with zero attached hydrogens (tertiary/aromatic N) is 1. The lowest BCUT2D eigenvalue weighted by Crippen LogP contribution is -2.19. The van der Waals surface area contributed by atoms with Crippen LogP contribution >= 0.6 is 0 Å². The van der Waals surface area contributed by atoms with Gasteiger partial charge in [0.15, 0.2) is 0 Å². The molecule has 0 aliphatic rings. The minimum absolute atomic E-state index is 0.359. The number of rotatable bonds is 6. The average molecular weight is 353 g/mol. The summed E-state index contributed by atoms with van der Waals surface area (Å²) in [4.78, 5) is 14.1. The first-order valence-electron chi connectivity index (χ1n) is 8.43. The van der Waals surface area contributed by atoms with Gasteiger partial charge in [-0.15, -0.1) is 0 Å². The fourth-order valence-electron chi connectivity index (χ4n) is 3.14. The molecule has 1 aromatic heterocycles. The van der Waals surface area contributed by atoms with Crippen molar-refractivity contribution >= 4 is 11.0 Å². The molecule has 0 aliphatic heterocycles. The van der Waals surface area contributed by atoms with Crippen LogP contribution in [0.5, 0.6) is 11.5 Å². The van der Waals surface area contributed by atoms with Crippen LogP contribution in [0, 0.1) is 6.92 Å². The normalized spacial score (nSPS) is 11.1. The summed E-state index contributed by atoms with van der Waals surface area (Å²) >= 11 is 0. The molecule has 26 heavy (non-hydrogen) atoms. The van der Waals surface area contributed by atoms with Gasteiger partial charge in [-0.1, -0.05) is 17.7 Å². The van der Waals surface area contributed by atoms with Crippen LogP contribution in [0.1, 0.15) is 16.7 Å². The fourth-order valence-corrected chi connectivity index (χ4v) is 3.14. The highest BCUT2D eigenvalue weighted by Crippen LogP contribution is 2.25. The van der Waals surface area contributed by atoms with E-state index in [9.17, 15) is 4.79 Å². The topological polar surface area (TPSA) is 51.9 Å². The smallest absolute Gasteiger partial charge is 0.336 e. The predicted molar refractivity (Wildman–Crippen MR) is 102 cm³/mol. The molecule has 5 heteroatoms. The zero-order chi connectivity index (χ0) is 18.7. The van der Waals surface area contributed by atoms with Crippen molar-refractivity contribution in [2.45, 2.75) is 20.0 Å². The van der Waals surface area contributed by atoms with Crippen molar-refractivity contribution < 1.29 is 13.9 Å². The van der Waals surface area contributed by atoms with Crippen LogP contribution in [-0.4, -0.2) is 26.2 Å². The third-order valence-electron chi connectivity index (χ3n) is 4.35. The Morgan fingerprint density at radius 1 is 0.962 bits per heavy atom. The summed E-state index contributed by atoms with van der Waals surface area (Å²) in [7, 11) is 5.29.